The van der Waals surface area contributed by atoms with Crippen LogP contribution in [-0.2, 0) is 32.6 Å². The molecule has 0 unspecified atom stereocenters. The van der Waals surface area contributed by atoms with Gasteiger partial charge < -0.3 is 15.0 Å². The van der Waals surface area contributed by atoms with Crippen molar-refractivity contribution in [1.82, 2.24) is 10.2 Å². The van der Waals surface area contributed by atoms with Gasteiger partial charge in [0.1, 0.15) is 18.3 Å². The van der Waals surface area contributed by atoms with E-state index in [2.05, 4.69) is 5.32 Å². The Morgan fingerprint density at radius 1 is 0.830 bits per heavy atom. The molecule has 0 aliphatic heterocycles. The predicted molar refractivity (Wildman–Crippen MR) is 187 cm³/mol. The molecular weight excluding hydrogens is 611 g/mol. The lowest BCUT2D eigenvalue weighted by Gasteiger charge is -2.35. The zero-order valence-corrected chi connectivity index (χ0v) is 28.9. The molecule has 4 aromatic carbocycles. The van der Waals surface area contributed by atoms with Gasteiger partial charge in [-0.1, -0.05) is 72.3 Å². The largest absolute Gasteiger partial charge is 0.494 e. The van der Waals surface area contributed by atoms with E-state index in [0.717, 1.165) is 26.6 Å². The van der Waals surface area contributed by atoms with Crippen molar-refractivity contribution in [2.75, 3.05) is 17.5 Å². The highest BCUT2D eigenvalue weighted by atomic mass is 32.2. The summed E-state index contributed by atoms with van der Waals surface area (Å²) in [6.45, 7) is 11.4. The summed E-state index contributed by atoms with van der Waals surface area (Å²) in [6, 6.07) is 29.4. The van der Waals surface area contributed by atoms with Crippen LogP contribution in [0, 0.1) is 13.8 Å². The fourth-order valence-corrected chi connectivity index (χ4v) is 6.63. The number of carbonyl (C=O) groups is 2. The zero-order chi connectivity index (χ0) is 34.2. The van der Waals surface area contributed by atoms with Crippen LogP contribution in [0.2, 0.25) is 0 Å². The van der Waals surface area contributed by atoms with Crippen LogP contribution in [0.1, 0.15) is 49.9 Å². The average Bonchev–Trinajstić information content (AvgIpc) is 3.03. The fourth-order valence-electron chi connectivity index (χ4n) is 5.22. The van der Waals surface area contributed by atoms with E-state index in [1.54, 1.807) is 36.4 Å². The van der Waals surface area contributed by atoms with Gasteiger partial charge in [-0.05, 0) is 94.6 Å². The number of nitrogens with zero attached hydrogens (tertiary/aromatic N) is 2. The number of aryl methyl sites for hydroxylation is 2. The van der Waals surface area contributed by atoms with Crippen molar-refractivity contribution >= 4 is 27.5 Å². The Balaban J connectivity index is 1.81. The van der Waals surface area contributed by atoms with Gasteiger partial charge in [-0.3, -0.25) is 13.9 Å². The molecule has 9 heteroatoms. The van der Waals surface area contributed by atoms with Gasteiger partial charge >= 0.3 is 0 Å². The Morgan fingerprint density at radius 3 is 2.04 bits per heavy atom. The second-order valence-corrected chi connectivity index (χ2v) is 14.5. The van der Waals surface area contributed by atoms with E-state index in [4.69, 9.17) is 4.74 Å². The lowest BCUT2D eigenvalue weighted by atomic mass is 10.00. The van der Waals surface area contributed by atoms with Crippen molar-refractivity contribution in [3.8, 4) is 5.75 Å². The highest BCUT2D eigenvalue weighted by Gasteiger charge is 2.35. The van der Waals surface area contributed by atoms with Gasteiger partial charge in [0, 0.05) is 18.5 Å². The lowest BCUT2D eigenvalue weighted by Crippen LogP contribution is -2.56. The van der Waals surface area contributed by atoms with Crippen LogP contribution < -0.4 is 14.4 Å². The first-order valence-corrected chi connectivity index (χ1v) is 17.2. The molecule has 4 aromatic rings. The van der Waals surface area contributed by atoms with Crippen molar-refractivity contribution in [3.05, 3.63) is 125 Å². The van der Waals surface area contributed by atoms with Gasteiger partial charge in [-0.15, -0.1) is 0 Å². The Morgan fingerprint density at radius 2 is 1.45 bits per heavy atom. The lowest BCUT2D eigenvalue weighted by molar-refractivity contribution is -0.140. The third-order valence-electron chi connectivity index (χ3n) is 7.69. The highest BCUT2D eigenvalue weighted by Crippen LogP contribution is 2.27. The summed E-state index contributed by atoms with van der Waals surface area (Å²) in [6.07, 6.45) is 0.247. The number of hydrogen-bond donors (Lipinski definition) is 1. The van der Waals surface area contributed by atoms with E-state index >= 15 is 0 Å². The summed E-state index contributed by atoms with van der Waals surface area (Å²) in [7, 11) is -4.21. The van der Waals surface area contributed by atoms with E-state index in [0.29, 0.717) is 18.0 Å². The summed E-state index contributed by atoms with van der Waals surface area (Å²) >= 11 is 0. The smallest absolute Gasteiger partial charge is 0.264 e. The van der Waals surface area contributed by atoms with Gasteiger partial charge in [-0.2, -0.15) is 0 Å². The van der Waals surface area contributed by atoms with E-state index in [9.17, 15) is 18.0 Å². The van der Waals surface area contributed by atoms with Crippen molar-refractivity contribution in [2.45, 2.75) is 71.0 Å². The number of amides is 2. The molecule has 1 N–H and O–H groups in total. The van der Waals surface area contributed by atoms with Gasteiger partial charge in [0.15, 0.2) is 0 Å². The minimum absolute atomic E-state index is 0.0195. The van der Waals surface area contributed by atoms with Crippen LogP contribution in [0.4, 0.5) is 5.69 Å². The fraction of sp³-hybridized carbons (Fsp3) is 0.316. The molecule has 8 nitrogen and oxygen atoms in total. The number of benzene rings is 4. The maximum atomic E-state index is 14.6. The summed E-state index contributed by atoms with van der Waals surface area (Å²) < 4.78 is 35.2. The minimum atomic E-state index is -4.21. The topological polar surface area (TPSA) is 96.0 Å². The quantitative estimate of drug-likeness (QED) is 0.179. The second kappa shape index (κ2) is 15.3. The van der Waals surface area contributed by atoms with Crippen LogP contribution in [0.5, 0.6) is 5.75 Å². The maximum absolute atomic E-state index is 14.6. The number of sulfonamides is 1. The molecule has 0 aliphatic carbocycles. The number of nitrogens with one attached hydrogen (secondary N) is 1. The van der Waals surface area contributed by atoms with Crippen molar-refractivity contribution in [3.63, 3.8) is 0 Å². The first-order valence-electron chi connectivity index (χ1n) is 15.8. The van der Waals surface area contributed by atoms with E-state index in [1.807, 2.05) is 96.1 Å². The normalized spacial score (nSPS) is 12.2. The molecule has 248 valence electrons. The number of ether oxygens (including phenoxy) is 1. The van der Waals surface area contributed by atoms with Crippen LogP contribution >= 0.6 is 0 Å². The monoisotopic (exact) mass is 655 g/mol. The number of hydrogen-bond acceptors (Lipinski definition) is 5. The SMILES string of the molecule is CCOc1ccc(S(=O)(=O)N(CC(=O)N(Cc2ccccc2C)[C@@H](Cc2ccccc2)C(=O)NC(C)(C)C)c2ccc(C)cc2)cc1. The Hall–Kier alpha value is -4.63. The number of carbonyl (C=O) groups excluding carboxylic acids is 2. The zero-order valence-electron chi connectivity index (χ0n) is 28.1. The Bertz CT molecular complexity index is 1750. The standard InChI is InChI=1S/C38H45N3O5S/c1-7-46-33-21-23-34(24-22-33)47(44,45)41(32-19-17-28(2)18-20-32)27-36(42)40(26-31-16-12-11-13-29(31)3)35(37(43)39-38(4,5)6)25-30-14-9-8-10-15-30/h8-24,35H,7,25-27H2,1-6H3,(H,39,43)/t35-/m0/s1. The average molecular weight is 656 g/mol. The third-order valence-corrected chi connectivity index (χ3v) is 9.48. The predicted octanol–water partition coefficient (Wildman–Crippen LogP) is 6.45. The van der Waals surface area contributed by atoms with E-state index in [-0.39, 0.29) is 23.8 Å². The molecule has 0 saturated heterocycles. The molecule has 0 aliphatic rings. The third kappa shape index (κ3) is 9.45. The molecule has 1 atom stereocenters. The van der Waals surface area contributed by atoms with Crippen molar-refractivity contribution in [2.24, 2.45) is 0 Å². The van der Waals surface area contributed by atoms with Crippen LogP contribution in [0.25, 0.3) is 0 Å². The maximum Gasteiger partial charge on any atom is 0.264 e. The van der Waals surface area contributed by atoms with Gasteiger partial charge in [0.2, 0.25) is 11.8 Å². The number of rotatable bonds is 13. The molecule has 0 saturated carbocycles. The molecule has 0 aromatic heterocycles. The van der Waals surface area contributed by atoms with Gasteiger partial charge in [0.05, 0.1) is 17.2 Å². The van der Waals surface area contributed by atoms with Crippen molar-refractivity contribution < 1.29 is 22.7 Å². The van der Waals surface area contributed by atoms with Gasteiger partial charge in [0.25, 0.3) is 10.0 Å². The minimum Gasteiger partial charge on any atom is -0.494 e. The Kier molecular flexibility index (Phi) is 11.5. The van der Waals surface area contributed by atoms with Crippen LogP contribution in [-0.4, -0.2) is 49.9 Å². The van der Waals surface area contributed by atoms with E-state index < -0.39 is 34.1 Å². The molecule has 0 bridgehead atoms. The van der Waals surface area contributed by atoms with Crippen LogP contribution in [0.3, 0.4) is 0 Å². The summed E-state index contributed by atoms with van der Waals surface area (Å²) in [5.41, 5.74) is 3.42. The second-order valence-electron chi connectivity index (χ2n) is 12.6. The first kappa shape index (κ1) is 35.2. The summed E-state index contributed by atoms with van der Waals surface area (Å²) in [5, 5.41) is 3.06. The first-order chi connectivity index (χ1) is 22.3. The molecule has 0 spiro atoms. The molecular formula is C38H45N3O5S. The molecule has 0 heterocycles. The summed E-state index contributed by atoms with van der Waals surface area (Å²) in [4.78, 5) is 30.2. The molecule has 47 heavy (non-hydrogen) atoms. The number of anilines is 1. The highest BCUT2D eigenvalue weighted by molar-refractivity contribution is 7.92. The Labute approximate surface area is 279 Å². The van der Waals surface area contributed by atoms with Gasteiger partial charge in [-0.25, -0.2) is 8.42 Å². The molecule has 4 rings (SSSR count). The molecule has 0 radical (unpaired) electrons. The summed E-state index contributed by atoms with van der Waals surface area (Å²) in [5.74, 6) is -0.282. The van der Waals surface area contributed by atoms with E-state index in [1.165, 1.54) is 17.0 Å². The molecule has 2 amide bonds. The van der Waals surface area contributed by atoms with Crippen LogP contribution in [0.15, 0.2) is 108 Å². The van der Waals surface area contributed by atoms with Crippen molar-refractivity contribution in [1.29, 1.82) is 0 Å². The molecule has 0 fully saturated rings.